The lowest BCUT2D eigenvalue weighted by Crippen LogP contribution is -2.24. The molecule has 0 bridgehead atoms. The smallest absolute Gasteiger partial charge is 0.0411 e. The van der Waals surface area contributed by atoms with Gasteiger partial charge in [0.15, 0.2) is 0 Å². The lowest BCUT2D eigenvalue weighted by atomic mass is 9.69. The van der Waals surface area contributed by atoms with Crippen LogP contribution in [0, 0.1) is 17.3 Å². The second-order valence-corrected chi connectivity index (χ2v) is 7.06. The van der Waals surface area contributed by atoms with Gasteiger partial charge in [0.25, 0.3) is 0 Å². The lowest BCUT2D eigenvalue weighted by Gasteiger charge is -2.36. The maximum Gasteiger partial charge on any atom is 0.0411 e. The van der Waals surface area contributed by atoms with Crippen molar-refractivity contribution in [3.8, 4) is 0 Å². The van der Waals surface area contributed by atoms with Gasteiger partial charge in [-0.3, -0.25) is 0 Å². The van der Waals surface area contributed by atoms with E-state index in [2.05, 4.69) is 39.0 Å². The van der Waals surface area contributed by atoms with Crippen LogP contribution in [0.2, 0.25) is 5.02 Å². The Balaban J connectivity index is 1.99. The summed E-state index contributed by atoms with van der Waals surface area (Å²) in [6, 6.07) is 8.08. The highest BCUT2D eigenvalue weighted by Gasteiger charge is 2.29. The summed E-state index contributed by atoms with van der Waals surface area (Å²) in [5, 5.41) is 0.816. The molecule has 2 rings (SSSR count). The Labute approximate surface area is 122 Å². The van der Waals surface area contributed by atoms with Crippen molar-refractivity contribution in [1.82, 2.24) is 0 Å². The Morgan fingerprint density at radius 1 is 1.26 bits per heavy atom. The molecule has 104 valence electrons. The van der Waals surface area contributed by atoms with Crippen LogP contribution in [0.25, 0.3) is 6.08 Å². The molecule has 0 heterocycles. The molecule has 0 spiro atoms. The van der Waals surface area contributed by atoms with Crippen molar-refractivity contribution >= 4 is 17.7 Å². The van der Waals surface area contributed by atoms with E-state index in [1.54, 1.807) is 0 Å². The first-order valence-electron chi connectivity index (χ1n) is 7.43. The van der Waals surface area contributed by atoms with E-state index >= 15 is 0 Å². The van der Waals surface area contributed by atoms with Crippen molar-refractivity contribution < 1.29 is 0 Å². The molecule has 19 heavy (non-hydrogen) atoms. The van der Waals surface area contributed by atoms with E-state index in [9.17, 15) is 0 Å². The fraction of sp³-hybridized carbons (Fsp3) is 0.556. The third-order valence-corrected chi connectivity index (χ3v) is 4.88. The Bertz CT molecular complexity index is 437. The molecule has 0 amide bonds. The van der Waals surface area contributed by atoms with Gasteiger partial charge in [-0.2, -0.15) is 0 Å². The highest BCUT2D eigenvalue weighted by atomic mass is 35.5. The molecule has 1 fully saturated rings. The Kier molecular flexibility index (Phi) is 4.73. The summed E-state index contributed by atoms with van der Waals surface area (Å²) in [5.74, 6) is 1.76. The first kappa shape index (κ1) is 14.7. The van der Waals surface area contributed by atoms with Gasteiger partial charge in [0, 0.05) is 5.02 Å². The summed E-state index contributed by atoms with van der Waals surface area (Å²) in [7, 11) is 0. The van der Waals surface area contributed by atoms with Crippen LogP contribution in [-0.2, 0) is 0 Å². The van der Waals surface area contributed by atoms with Gasteiger partial charge in [-0.1, -0.05) is 56.7 Å². The molecule has 1 aromatic rings. The lowest BCUT2D eigenvalue weighted by molar-refractivity contribution is 0.185. The summed E-state index contributed by atoms with van der Waals surface area (Å²) in [6.07, 6.45) is 10.00. The molecule has 1 saturated carbocycles. The van der Waals surface area contributed by atoms with Gasteiger partial charge in [0.2, 0.25) is 0 Å². The topological polar surface area (TPSA) is 0 Å². The van der Waals surface area contributed by atoms with Crippen LogP contribution in [0.15, 0.2) is 30.3 Å². The fourth-order valence-electron chi connectivity index (χ4n) is 3.04. The number of allylic oxidation sites excluding steroid dienone is 1. The van der Waals surface area contributed by atoms with E-state index in [1.165, 1.54) is 31.2 Å². The van der Waals surface area contributed by atoms with Crippen molar-refractivity contribution in [3.63, 3.8) is 0 Å². The Morgan fingerprint density at radius 2 is 1.95 bits per heavy atom. The third-order valence-electron chi connectivity index (χ3n) is 4.64. The van der Waals surface area contributed by atoms with Gasteiger partial charge >= 0.3 is 0 Å². The maximum absolute atomic E-state index is 6.02. The number of hydrogen-bond acceptors (Lipinski definition) is 0. The summed E-state index contributed by atoms with van der Waals surface area (Å²) in [4.78, 5) is 0. The van der Waals surface area contributed by atoms with E-state index in [1.807, 2.05) is 18.2 Å². The molecular weight excluding hydrogens is 252 g/mol. The zero-order valence-electron chi connectivity index (χ0n) is 12.3. The van der Waals surface area contributed by atoms with E-state index in [-0.39, 0.29) is 0 Å². The number of rotatable bonds is 3. The quantitative estimate of drug-likeness (QED) is 0.616. The maximum atomic E-state index is 6.02. The molecule has 1 aliphatic carbocycles. The summed E-state index contributed by atoms with van der Waals surface area (Å²) < 4.78 is 0. The van der Waals surface area contributed by atoms with E-state index in [0.717, 1.165) is 16.9 Å². The Hall–Kier alpha value is -0.750. The molecule has 0 atom stereocenters. The molecule has 1 aliphatic rings. The molecule has 1 heteroatoms. The second-order valence-electron chi connectivity index (χ2n) is 6.62. The van der Waals surface area contributed by atoms with Crippen molar-refractivity contribution in [2.24, 2.45) is 17.3 Å². The summed E-state index contributed by atoms with van der Waals surface area (Å²) in [5.41, 5.74) is 1.58. The average molecular weight is 277 g/mol. The molecule has 0 aromatic heterocycles. The van der Waals surface area contributed by atoms with Crippen LogP contribution < -0.4 is 0 Å². The largest absolute Gasteiger partial charge is 0.0843 e. The van der Waals surface area contributed by atoms with Gasteiger partial charge in [-0.15, -0.1) is 0 Å². The normalized spacial score (nSPS) is 28.2. The van der Waals surface area contributed by atoms with Crippen molar-refractivity contribution in [2.45, 2.75) is 46.5 Å². The summed E-state index contributed by atoms with van der Waals surface area (Å²) >= 11 is 6.02. The van der Waals surface area contributed by atoms with E-state index < -0.39 is 0 Å². The zero-order chi connectivity index (χ0) is 13.9. The van der Waals surface area contributed by atoms with Crippen LogP contribution in [0.1, 0.15) is 52.0 Å². The highest BCUT2D eigenvalue weighted by molar-refractivity contribution is 6.30. The zero-order valence-corrected chi connectivity index (χ0v) is 13.1. The fourth-order valence-corrected chi connectivity index (χ4v) is 3.24. The van der Waals surface area contributed by atoms with Crippen LogP contribution in [0.4, 0.5) is 0 Å². The van der Waals surface area contributed by atoms with Gasteiger partial charge in [-0.25, -0.2) is 0 Å². The van der Waals surface area contributed by atoms with E-state index in [4.69, 9.17) is 11.6 Å². The van der Waals surface area contributed by atoms with Gasteiger partial charge in [0.1, 0.15) is 0 Å². The predicted molar refractivity (Wildman–Crippen MR) is 85.4 cm³/mol. The van der Waals surface area contributed by atoms with Crippen LogP contribution >= 0.6 is 11.6 Å². The first-order chi connectivity index (χ1) is 8.98. The minimum atomic E-state index is 0.369. The number of hydrogen-bond donors (Lipinski definition) is 0. The van der Waals surface area contributed by atoms with Crippen molar-refractivity contribution in [2.75, 3.05) is 0 Å². The van der Waals surface area contributed by atoms with Crippen molar-refractivity contribution in [1.29, 1.82) is 0 Å². The first-order valence-corrected chi connectivity index (χ1v) is 7.81. The third kappa shape index (κ3) is 4.11. The highest BCUT2D eigenvalue weighted by Crippen LogP contribution is 2.42. The predicted octanol–water partition coefficient (Wildman–Crippen LogP) is 6.21. The molecule has 0 N–H and O–H groups in total. The van der Waals surface area contributed by atoms with Crippen molar-refractivity contribution in [3.05, 3.63) is 40.9 Å². The minimum absolute atomic E-state index is 0.369. The van der Waals surface area contributed by atoms with Gasteiger partial charge < -0.3 is 0 Å². The van der Waals surface area contributed by atoms with Crippen LogP contribution in [0.5, 0.6) is 0 Å². The van der Waals surface area contributed by atoms with E-state index in [0.29, 0.717) is 5.41 Å². The summed E-state index contributed by atoms with van der Waals surface area (Å²) in [6.45, 7) is 7.11. The molecule has 0 nitrogen and oxygen atoms in total. The molecule has 0 unspecified atom stereocenters. The number of halogens is 1. The number of benzene rings is 1. The molecular formula is C18H25Cl. The molecule has 0 saturated heterocycles. The molecule has 1 aromatic carbocycles. The average Bonchev–Trinajstić information content (AvgIpc) is 2.37. The van der Waals surface area contributed by atoms with Crippen LogP contribution in [0.3, 0.4) is 0 Å². The van der Waals surface area contributed by atoms with Gasteiger partial charge in [-0.05, 0) is 60.6 Å². The Morgan fingerprint density at radius 3 is 2.53 bits per heavy atom. The van der Waals surface area contributed by atoms with Crippen LogP contribution in [-0.4, -0.2) is 0 Å². The standard InChI is InChI=1S/C18H25Cl/c1-14(2)16-8-11-18(3,12-9-16)10-7-15-5-4-6-17(19)13-15/h4-7,10,13-14,16H,8-9,11-12H2,1-3H3/b10-7+. The monoisotopic (exact) mass is 276 g/mol. The van der Waals surface area contributed by atoms with Gasteiger partial charge in [0.05, 0.1) is 0 Å². The molecule has 0 radical (unpaired) electrons. The minimum Gasteiger partial charge on any atom is -0.0843 e. The molecule has 0 aliphatic heterocycles. The SMILES string of the molecule is CC(C)C1CCC(C)(/C=C/c2cccc(Cl)c2)CC1. The second kappa shape index (κ2) is 6.13.